The van der Waals surface area contributed by atoms with Crippen molar-refractivity contribution in [1.82, 2.24) is 14.9 Å². The number of amides is 1. The fourth-order valence-corrected chi connectivity index (χ4v) is 2.37. The molecule has 1 fully saturated rings. The predicted molar refractivity (Wildman–Crippen MR) is 56.1 cm³/mol. The molecule has 1 aliphatic carbocycles. The van der Waals surface area contributed by atoms with Crippen LogP contribution in [0, 0.1) is 5.92 Å². The van der Waals surface area contributed by atoms with E-state index >= 15 is 0 Å². The number of hydrogen-bond donors (Lipinski definition) is 2. The van der Waals surface area contributed by atoms with E-state index in [0.29, 0.717) is 12.8 Å². The van der Waals surface area contributed by atoms with E-state index in [-0.39, 0.29) is 17.6 Å². The van der Waals surface area contributed by atoms with Crippen molar-refractivity contribution in [3.05, 3.63) is 11.1 Å². The fourth-order valence-electron chi connectivity index (χ4n) is 1.93. The molecule has 16 heavy (non-hydrogen) atoms. The van der Waals surface area contributed by atoms with Crippen molar-refractivity contribution in [2.45, 2.75) is 25.3 Å². The van der Waals surface area contributed by atoms with E-state index < -0.39 is 11.9 Å². The second-order valence-corrected chi connectivity index (χ2v) is 4.36. The number of carboxylic acid groups (broad SMARTS) is 1. The maximum Gasteiger partial charge on any atom is 0.308 e. The van der Waals surface area contributed by atoms with E-state index in [1.165, 1.54) is 0 Å². The molecule has 1 amide bonds. The van der Waals surface area contributed by atoms with Crippen LogP contribution in [0.15, 0.2) is 5.38 Å². The molecule has 2 rings (SSSR count). The second-order valence-electron chi connectivity index (χ2n) is 3.75. The smallest absolute Gasteiger partial charge is 0.308 e. The standard InChI is InChI=1S/C9H11N3O3S/c13-8(7-4-16-12-11-7)10-6-3-1-2-5(6)9(14)15/h4-6H,1-3H2,(H,10,13)(H,14,15). The molecule has 1 aliphatic rings. The number of rotatable bonds is 3. The predicted octanol–water partition coefficient (Wildman–Crippen LogP) is 0.521. The van der Waals surface area contributed by atoms with Gasteiger partial charge in [0.15, 0.2) is 5.69 Å². The van der Waals surface area contributed by atoms with Crippen LogP contribution < -0.4 is 5.32 Å². The highest BCUT2D eigenvalue weighted by Gasteiger charge is 2.34. The van der Waals surface area contributed by atoms with Crippen LogP contribution >= 0.6 is 11.5 Å². The number of nitrogens with zero attached hydrogens (tertiary/aromatic N) is 2. The van der Waals surface area contributed by atoms with Crippen LogP contribution in [0.4, 0.5) is 0 Å². The zero-order valence-electron chi connectivity index (χ0n) is 8.42. The zero-order chi connectivity index (χ0) is 11.5. The van der Waals surface area contributed by atoms with Gasteiger partial charge in [-0.15, -0.1) is 5.10 Å². The van der Waals surface area contributed by atoms with Crippen molar-refractivity contribution < 1.29 is 14.7 Å². The minimum atomic E-state index is -0.848. The highest BCUT2D eigenvalue weighted by molar-refractivity contribution is 7.03. The van der Waals surface area contributed by atoms with Gasteiger partial charge in [0.05, 0.1) is 5.92 Å². The highest BCUT2D eigenvalue weighted by Crippen LogP contribution is 2.25. The first-order valence-corrected chi connectivity index (χ1v) is 5.83. The first-order valence-electron chi connectivity index (χ1n) is 4.99. The van der Waals surface area contributed by atoms with Crippen LogP contribution in [0.25, 0.3) is 0 Å². The third-order valence-corrected chi connectivity index (χ3v) is 3.25. The second kappa shape index (κ2) is 4.56. The molecule has 0 saturated heterocycles. The lowest BCUT2D eigenvalue weighted by molar-refractivity contribution is -0.142. The molecule has 6 nitrogen and oxygen atoms in total. The van der Waals surface area contributed by atoms with Gasteiger partial charge in [-0.1, -0.05) is 10.9 Å². The summed E-state index contributed by atoms with van der Waals surface area (Å²) in [6.07, 6.45) is 2.16. The van der Waals surface area contributed by atoms with E-state index in [1.54, 1.807) is 5.38 Å². The normalized spacial score (nSPS) is 24.2. The topological polar surface area (TPSA) is 92.2 Å². The van der Waals surface area contributed by atoms with Crippen LogP contribution in [0.5, 0.6) is 0 Å². The molecule has 1 aromatic rings. The quantitative estimate of drug-likeness (QED) is 0.805. The van der Waals surface area contributed by atoms with E-state index in [2.05, 4.69) is 14.9 Å². The molecule has 2 atom stereocenters. The average molecular weight is 241 g/mol. The molecule has 1 heterocycles. The van der Waals surface area contributed by atoms with Crippen LogP contribution in [0.3, 0.4) is 0 Å². The van der Waals surface area contributed by atoms with Gasteiger partial charge in [0.2, 0.25) is 0 Å². The first kappa shape index (κ1) is 11.0. The number of aromatic nitrogens is 2. The van der Waals surface area contributed by atoms with Gasteiger partial charge >= 0.3 is 5.97 Å². The van der Waals surface area contributed by atoms with Crippen molar-refractivity contribution in [3.8, 4) is 0 Å². The number of nitrogens with one attached hydrogen (secondary N) is 1. The van der Waals surface area contributed by atoms with Crippen LogP contribution in [0.2, 0.25) is 0 Å². The Labute approximate surface area is 95.8 Å². The van der Waals surface area contributed by atoms with E-state index in [0.717, 1.165) is 18.0 Å². The molecule has 1 saturated carbocycles. The number of carbonyl (C=O) groups excluding carboxylic acids is 1. The Bertz CT molecular complexity index is 393. The van der Waals surface area contributed by atoms with Gasteiger partial charge in [0, 0.05) is 11.4 Å². The number of carbonyl (C=O) groups is 2. The Morgan fingerprint density at radius 3 is 2.94 bits per heavy atom. The third-order valence-electron chi connectivity index (χ3n) is 2.74. The zero-order valence-corrected chi connectivity index (χ0v) is 9.24. The molecule has 86 valence electrons. The van der Waals surface area contributed by atoms with Gasteiger partial charge in [-0.2, -0.15) is 0 Å². The van der Waals surface area contributed by atoms with Gasteiger partial charge < -0.3 is 10.4 Å². The highest BCUT2D eigenvalue weighted by atomic mass is 32.1. The van der Waals surface area contributed by atoms with Crippen LogP contribution in [-0.4, -0.2) is 32.6 Å². The van der Waals surface area contributed by atoms with Crippen LogP contribution in [0.1, 0.15) is 29.8 Å². The molecule has 7 heteroatoms. The third kappa shape index (κ3) is 2.19. The maximum absolute atomic E-state index is 11.6. The number of hydrogen-bond acceptors (Lipinski definition) is 5. The molecule has 0 bridgehead atoms. The molecular weight excluding hydrogens is 230 g/mol. The Morgan fingerprint density at radius 1 is 1.50 bits per heavy atom. The summed E-state index contributed by atoms with van der Waals surface area (Å²) in [6.45, 7) is 0. The van der Waals surface area contributed by atoms with Crippen molar-refractivity contribution >= 4 is 23.4 Å². The van der Waals surface area contributed by atoms with E-state index in [9.17, 15) is 9.59 Å². The summed E-state index contributed by atoms with van der Waals surface area (Å²) in [5, 5.41) is 16.8. The first-order chi connectivity index (χ1) is 7.68. The Balaban J connectivity index is 1.99. The Morgan fingerprint density at radius 2 is 2.31 bits per heavy atom. The van der Waals surface area contributed by atoms with Crippen molar-refractivity contribution in [3.63, 3.8) is 0 Å². The summed E-state index contributed by atoms with van der Waals surface area (Å²) in [5.41, 5.74) is 0.251. The molecule has 1 aromatic heterocycles. The van der Waals surface area contributed by atoms with Crippen molar-refractivity contribution in [2.24, 2.45) is 5.92 Å². The average Bonchev–Trinajstić information content (AvgIpc) is 2.86. The van der Waals surface area contributed by atoms with Gasteiger partial charge in [-0.3, -0.25) is 9.59 Å². The lowest BCUT2D eigenvalue weighted by Gasteiger charge is -2.16. The van der Waals surface area contributed by atoms with E-state index in [1.807, 2.05) is 0 Å². The number of carboxylic acids is 1. The lowest BCUT2D eigenvalue weighted by atomic mass is 10.0. The van der Waals surface area contributed by atoms with Gasteiger partial charge in [-0.05, 0) is 24.4 Å². The molecule has 0 radical (unpaired) electrons. The summed E-state index contributed by atoms with van der Waals surface area (Å²) in [5.74, 6) is -1.67. The molecule has 0 aliphatic heterocycles. The maximum atomic E-state index is 11.6. The molecule has 0 spiro atoms. The van der Waals surface area contributed by atoms with Crippen LogP contribution in [-0.2, 0) is 4.79 Å². The number of aliphatic carboxylic acids is 1. The largest absolute Gasteiger partial charge is 0.481 e. The molecule has 0 aromatic carbocycles. The molecule has 2 N–H and O–H groups in total. The summed E-state index contributed by atoms with van der Waals surface area (Å²) in [7, 11) is 0. The minimum Gasteiger partial charge on any atom is -0.481 e. The summed E-state index contributed by atoms with van der Waals surface area (Å²) in [4.78, 5) is 22.5. The fraction of sp³-hybridized carbons (Fsp3) is 0.556. The Kier molecular flexibility index (Phi) is 3.14. The van der Waals surface area contributed by atoms with Gasteiger partial charge in [0.1, 0.15) is 0 Å². The monoisotopic (exact) mass is 241 g/mol. The minimum absolute atomic E-state index is 0.251. The van der Waals surface area contributed by atoms with Gasteiger partial charge in [-0.25, -0.2) is 0 Å². The van der Waals surface area contributed by atoms with Gasteiger partial charge in [0.25, 0.3) is 5.91 Å². The summed E-state index contributed by atoms with van der Waals surface area (Å²) in [6, 6.07) is -0.285. The van der Waals surface area contributed by atoms with E-state index in [4.69, 9.17) is 5.11 Å². The molecular formula is C9H11N3O3S. The van der Waals surface area contributed by atoms with Crippen molar-refractivity contribution in [1.29, 1.82) is 0 Å². The summed E-state index contributed by atoms with van der Waals surface area (Å²) >= 11 is 1.09. The SMILES string of the molecule is O=C(NC1CCCC1C(=O)O)c1csnn1. The lowest BCUT2D eigenvalue weighted by Crippen LogP contribution is -2.40. The summed E-state index contributed by atoms with van der Waals surface area (Å²) < 4.78 is 3.59. The Hall–Kier alpha value is -1.50. The molecule has 2 unspecified atom stereocenters. The van der Waals surface area contributed by atoms with Crippen molar-refractivity contribution in [2.75, 3.05) is 0 Å².